The predicted molar refractivity (Wildman–Crippen MR) is 75.4 cm³/mol. The summed E-state index contributed by atoms with van der Waals surface area (Å²) in [5.74, 6) is 0.172. The van der Waals surface area contributed by atoms with Crippen LogP contribution in [0.25, 0.3) is 0 Å². The van der Waals surface area contributed by atoms with Gasteiger partial charge in [0.25, 0.3) is 0 Å². The number of nitrogens with one attached hydrogen (secondary N) is 1. The number of hydrogen-bond donors (Lipinski definition) is 2. The maximum Gasteiger partial charge on any atom is 0.220 e. The van der Waals surface area contributed by atoms with Crippen LogP contribution in [0.2, 0.25) is 0 Å². The summed E-state index contributed by atoms with van der Waals surface area (Å²) >= 11 is 0. The SMILES string of the molecule is CC(N)CCCC(=O)NCCN1CCCCCC1. The molecule has 0 bridgehead atoms. The summed E-state index contributed by atoms with van der Waals surface area (Å²) in [6.45, 7) is 6.16. The lowest BCUT2D eigenvalue weighted by Gasteiger charge is -2.19. The Balaban J connectivity index is 2.00. The van der Waals surface area contributed by atoms with Crippen LogP contribution in [0.15, 0.2) is 0 Å². The van der Waals surface area contributed by atoms with Gasteiger partial charge in [-0.1, -0.05) is 12.8 Å². The minimum atomic E-state index is 0.172. The molecule has 3 N–H and O–H groups in total. The van der Waals surface area contributed by atoms with Gasteiger partial charge in [-0.3, -0.25) is 4.79 Å². The first-order valence-electron chi connectivity index (χ1n) is 7.43. The molecule has 0 spiro atoms. The summed E-state index contributed by atoms with van der Waals surface area (Å²) in [5.41, 5.74) is 5.65. The van der Waals surface area contributed by atoms with Gasteiger partial charge >= 0.3 is 0 Å². The lowest BCUT2D eigenvalue weighted by atomic mass is 10.1. The van der Waals surface area contributed by atoms with Crippen molar-refractivity contribution in [2.24, 2.45) is 5.73 Å². The van der Waals surface area contributed by atoms with Gasteiger partial charge in [-0.25, -0.2) is 0 Å². The van der Waals surface area contributed by atoms with Crippen LogP contribution in [0.5, 0.6) is 0 Å². The molecule has 1 rings (SSSR count). The summed E-state index contributed by atoms with van der Waals surface area (Å²) in [6.07, 6.45) is 7.78. The Labute approximate surface area is 111 Å². The van der Waals surface area contributed by atoms with Gasteiger partial charge in [-0.2, -0.15) is 0 Å². The van der Waals surface area contributed by atoms with Gasteiger partial charge in [0.05, 0.1) is 0 Å². The van der Waals surface area contributed by atoms with Crippen LogP contribution < -0.4 is 11.1 Å². The van der Waals surface area contributed by atoms with Crippen molar-refractivity contribution in [2.45, 2.75) is 57.9 Å². The van der Waals surface area contributed by atoms with Gasteiger partial charge in [0.1, 0.15) is 0 Å². The molecular weight excluding hydrogens is 226 g/mol. The average Bonchev–Trinajstić information content (AvgIpc) is 2.57. The lowest BCUT2D eigenvalue weighted by molar-refractivity contribution is -0.121. The molecule has 1 saturated heterocycles. The van der Waals surface area contributed by atoms with Crippen LogP contribution >= 0.6 is 0 Å². The number of rotatable bonds is 7. The van der Waals surface area contributed by atoms with E-state index in [1.807, 2.05) is 6.92 Å². The second-order valence-corrected chi connectivity index (χ2v) is 5.48. The van der Waals surface area contributed by atoms with Gasteiger partial charge in [0.15, 0.2) is 0 Å². The molecule has 1 atom stereocenters. The molecule has 106 valence electrons. The van der Waals surface area contributed by atoms with Gasteiger partial charge in [-0.15, -0.1) is 0 Å². The fourth-order valence-corrected chi connectivity index (χ4v) is 2.39. The summed E-state index contributed by atoms with van der Waals surface area (Å²) in [5, 5.41) is 3.00. The molecule has 0 aliphatic carbocycles. The zero-order valence-electron chi connectivity index (χ0n) is 11.8. The monoisotopic (exact) mass is 255 g/mol. The third kappa shape index (κ3) is 7.67. The Morgan fingerprint density at radius 2 is 1.94 bits per heavy atom. The van der Waals surface area contributed by atoms with E-state index in [9.17, 15) is 4.79 Å². The highest BCUT2D eigenvalue weighted by Gasteiger charge is 2.09. The molecule has 1 fully saturated rings. The second kappa shape index (κ2) is 9.34. The molecule has 1 heterocycles. The minimum Gasteiger partial charge on any atom is -0.355 e. The van der Waals surface area contributed by atoms with Crippen LogP contribution in [0.3, 0.4) is 0 Å². The highest BCUT2D eigenvalue weighted by atomic mass is 16.1. The summed E-state index contributed by atoms with van der Waals surface area (Å²) in [6, 6.07) is 0.204. The van der Waals surface area contributed by atoms with E-state index in [4.69, 9.17) is 5.73 Å². The molecule has 1 amide bonds. The molecule has 4 heteroatoms. The summed E-state index contributed by atoms with van der Waals surface area (Å²) < 4.78 is 0. The van der Waals surface area contributed by atoms with Gasteiger partial charge in [0, 0.05) is 25.6 Å². The van der Waals surface area contributed by atoms with Crippen molar-refractivity contribution in [3.8, 4) is 0 Å². The third-order valence-electron chi connectivity index (χ3n) is 3.51. The van der Waals surface area contributed by atoms with Crippen molar-refractivity contribution in [3.63, 3.8) is 0 Å². The summed E-state index contributed by atoms with van der Waals surface area (Å²) in [4.78, 5) is 14.0. The van der Waals surface area contributed by atoms with E-state index in [-0.39, 0.29) is 11.9 Å². The molecular formula is C14H29N3O. The minimum absolute atomic E-state index is 0.172. The van der Waals surface area contributed by atoms with E-state index in [0.717, 1.165) is 25.9 Å². The van der Waals surface area contributed by atoms with Crippen LogP contribution in [-0.4, -0.2) is 43.0 Å². The molecule has 0 saturated carbocycles. The fourth-order valence-electron chi connectivity index (χ4n) is 2.39. The number of nitrogens with zero attached hydrogens (tertiary/aromatic N) is 1. The van der Waals surface area contributed by atoms with Crippen molar-refractivity contribution in [3.05, 3.63) is 0 Å². The van der Waals surface area contributed by atoms with Gasteiger partial charge in [-0.05, 0) is 45.7 Å². The Bertz CT molecular complexity index is 223. The van der Waals surface area contributed by atoms with E-state index in [1.54, 1.807) is 0 Å². The van der Waals surface area contributed by atoms with E-state index < -0.39 is 0 Å². The summed E-state index contributed by atoms with van der Waals surface area (Å²) in [7, 11) is 0. The third-order valence-corrected chi connectivity index (χ3v) is 3.51. The maximum atomic E-state index is 11.6. The smallest absolute Gasteiger partial charge is 0.220 e. The maximum absolute atomic E-state index is 11.6. The number of carbonyl (C=O) groups excluding carboxylic acids is 1. The van der Waals surface area contributed by atoms with E-state index in [1.165, 1.54) is 38.8 Å². The Morgan fingerprint density at radius 1 is 1.28 bits per heavy atom. The molecule has 4 nitrogen and oxygen atoms in total. The fraction of sp³-hybridized carbons (Fsp3) is 0.929. The number of amides is 1. The van der Waals surface area contributed by atoms with E-state index in [2.05, 4.69) is 10.2 Å². The standard InChI is InChI=1S/C14H29N3O/c1-13(15)7-6-8-14(18)16-9-12-17-10-4-2-3-5-11-17/h13H,2-12,15H2,1H3,(H,16,18). The molecule has 0 aromatic heterocycles. The Hall–Kier alpha value is -0.610. The second-order valence-electron chi connectivity index (χ2n) is 5.48. The highest BCUT2D eigenvalue weighted by Crippen LogP contribution is 2.08. The molecule has 0 radical (unpaired) electrons. The quantitative estimate of drug-likeness (QED) is 0.725. The van der Waals surface area contributed by atoms with Crippen molar-refractivity contribution < 1.29 is 4.79 Å². The van der Waals surface area contributed by atoms with Crippen LogP contribution in [0.4, 0.5) is 0 Å². The average molecular weight is 255 g/mol. The van der Waals surface area contributed by atoms with E-state index >= 15 is 0 Å². The number of nitrogens with two attached hydrogens (primary N) is 1. The lowest BCUT2D eigenvalue weighted by Crippen LogP contribution is -2.35. The van der Waals surface area contributed by atoms with Crippen molar-refractivity contribution in [2.75, 3.05) is 26.2 Å². The first kappa shape index (κ1) is 15.4. The molecule has 0 aromatic rings. The zero-order chi connectivity index (χ0) is 13.2. The molecule has 0 aromatic carbocycles. The predicted octanol–water partition coefficient (Wildman–Crippen LogP) is 1.50. The largest absolute Gasteiger partial charge is 0.355 e. The molecule has 18 heavy (non-hydrogen) atoms. The van der Waals surface area contributed by atoms with Crippen molar-refractivity contribution >= 4 is 5.91 Å². The highest BCUT2D eigenvalue weighted by molar-refractivity contribution is 5.75. The normalized spacial score (nSPS) is 19.2. The van der Waals surface area contributed by atoms with Crippen LogP contribution in [-0.2, 0) is 4.79 Å². The van der Waals surface area contributed by atoms with Crippen molar-refractivity contribution in [1.82, 2.24) is 10.2 Å². The first-order chi connectivity index (χ1) is 8.68. The first-order valence-corrected chi connectivity index (χ1v) is 7.43. The van der Waals surface area contributed by atoms with Crippen LogP contribution in [0.1, 0.15) is 51.9 Å². The topological polar surface area (TPSA) is 58.4 Å². The molecule has 1 aliphatic rings. The Morgan fingerprint density at radius 3 is 2.56 bits per heavy atom. The molecule has 1 unspecified atom stereocenters. The molecule has 1 aliphatic heterocycles. The van der Waals surface area contributed by atoms with Crippen LogP contribution in [0, 0.1) is 0 Å². The zero-order valence-corrected chi connectivity index (χ0v) is 11.8. The van der Waals surface area contributed by atoms with E-state index in [0.29, 0.717) is 6.42 Å². The number of carbonyl (C=O) groups is 1. The number of hydrogen-bond acceptors (Lipinski definition) is 3. The van der Waals surface area contributed by atoms with Gasteiger partial charge < -0.3 is 16.0 Å². The number of likely N-dealkylation sites (tertiary alicyclic amines) is 1. The Kier molecular flexibility index (Phi) is 8.01. The van der Waals surface area contributed by atoms with Gasteiger partial charge in [0.2, 0.25) is 5.91 Å². The van der Waals surface area contributed by atoms with Crippen molar-refractivity contribution in [1.29, 1.82) is 0 Å².